The average molecular weight is 614 g/mol. The average Bonchev–Trinajstić information content (AvgIpc) is 3.66. The molecule has 1 aliphatic carbocycles. The molecule has 6 rings (SSSR count). The summed E-state index contributed by atoms with van der Waals surface area (Å²) in [4.78, 5) is 11.4. The van der Waals surface area contributed by atoms with Crippen molar-refractivity contribution in [1.29, 1.82) is 0 Å². The van der Waals surface area contributed by atoms with Crippen LogP contribution in [0.25, 0.3) is 11.3 Å². The number of halogens is 3. The van der Waals surface area contributed by atoms with Crippen LogP contribution < -0.4 is 14.9 Å². The molecule has 3 aromatic rings. The van der Waals surface area contributed by atoms with Gasteiger partial charge in [-0.05, 0) is 81.4 Å². The quantitative estimate of drug-likeness (QED) is 0.294. The second-order valence-corrected chi connectivity index (χ2v) is 13.1. The topological polar surface area (TPSA) is 86.7 Å². The van der Waals surface area contributed by atoms with E-state index in [1.54, 1.807) is 0 Å². The minimum Gasteiger partial charge on any atom is -0.368 e. The van der Waals surface area contributed by atoms with E-state index in [1.807, 2.05) is 16.9 Å². The fourth-order valence-electron chi connectivity index (χ4n) is 4.99. The summed E-state index contributed by atoms with van der Waals surface area (Å²) in [5, 5.41) is 4.20. The van der Waals surface area contributed by atoms with Gasteiger partial charge in [0, 0.05) is 24.7 Å². The lowest BCUT2D eigenvalue weighted by molar-refractivity contribution is 0.521. The third kappa shape index (κ3) is 6.10. The maximum atomic E-state index is 16.2. The molecule has 0 atom stereocenters. The minimum atomic E-state index is -4.78. The first-order valence-electron chi connectivity index (χ1n) is 14.0. The van der Waals surface area contributed by atoms with Crippen LogP contribution in [0.1, 0.15) is 49.8 Å². The van der Waals surface area contributed by atoms with Gasteiger partial charge < -0.3 is 10.2 Å². The minimum absolute atomic E-state index is 0.0533. The Labute approximate surface area is 246 Å². The van der Waals surface area contributed by atoms with Crippen LogP contribution in [0.15, 0.2) is 70.3 Å². The van der Waals surface area contributed by atoms with Crippen LogP contribution in [0.4, 0.5) is 24.0 Å². The second kappa shape index (κ2) is 11.9. The molecule has 7 nitrogen and oxygen atoms in total. The summed E-state index contributed by atoms with van der Waals surface area (Å²) in [7, 11) is -4.78. The first kappa shape index (κ1) is 28.5. The zero-order valence-corrected chi connectivity index (χ0v) is 24.4. The summed E-state index contributed by atoms with van der Waals surface area (Å²) >= 11 is 1.42. The Balaban J connectivity index is 1.43. The van der Waals surface area contributed by atoms with Gasteiger partial charge in [0.05, 0.1) is 22.0 Å². The molecule has 0 unspecified atom stereocenters. The SMILES string of the molecule is O=S(=O)(Nc1cccc(-c2nc(N3CCCCC3)sc2C2=N/C(NC3CC3)=C\CC/C=C\2)c1F)c1c(F)cccc1F. The van der Waals surface area contributed by atoms with Crippen molar-refractivity contribution in [2.24, 2.45) is 4.99 Å². The predicted molar refractivity (Wildman–Crippen MR) is 160 cm³/mol. The predicted octanol–water partition coefficient (Wildman–Crippen LogP) is 6.75. The molecule has 0 amide bonds. The van der Waals surface area contributed by atoms with Gasteiger partial charge in [0.25, 0.3) is 10.0 Å². The molecule has 2 aromatic carbocycles. The Bertz CT molecular complexity index is 1670. The van der Waals surface area contributed by atoms with E-state index >= 15 is 4.39 Å². The summed E-state index contributed by atoms with van der Waals surface area (Å²) in [6.45, 7) is 1.67. The first-order valence-corrected chi connectivity index (χ1v) is 16.3. The lowest BCUT2D eigenvalue weighted by Crippen LogP contribution is -2.29. The number of thiazole rings is 1. The Kier molecular flexibility index (Phi) is 8.09. The van der Waals surface area contributed by atoms with Gasteiger partial charge in [-0.25, -0.2) is 31.6 Å². The van der Waals surface area contributed by atoms with Gasteiger partial charge >= 0.3 is 0 Å². The number of rotatable bonds is 8. The van der Waals surface area contributed by atoms with Crippen molar-refractivity contribution in [3.63, 3.8) is 0 Å². The highest BCUT2D eigenvalue weighted by Crippen LogP contribution is 2.38. The highest BCUT2D eigenvalue weighted by atomic mass is 32.2. The molecule has 1 saturated heterocycles. The molecular weight excluding hydrogens is 583 g/mol. The van der Waals surface area contributed by atoms with Crippen molar-refractivity contribution in [2.75, 3.05) is 22.7 Å². The molecule has 0 bridgehead atoms. The number of allylic oxidation sites excluding steroid dienone is 3. The fourth-order valence-corrected chi connectivity index (χ4v) is 7.29. The molecule has 1 saturated carbocycles. The number of sulfonamides is 1. The smallest absolute Gasteiger partial charge is 0.267 e. The number of nitrogens with one attached hydrogen (secondary N) is 2. The molecule has 0 spiro atoms. The van der Waals surface area contributed by atoms with Crippen LogP contribution in [-0.2, 0) is 10.0 Å². The Morgan fingerprint density at radius 1 is 0.952 bits per heavy atom. The third-order valence-corrected chi connectivity index (χ3v) is 9.83. The third-order valence-electron chi connectivity index (χ3n) is 7.28. The second-order valence-electron chi connectivity index (χ2n) is 10.5. The maximum Gasteiger partial charge on any atom is 0.267 e. The van der Waals surface area contributed by atoms with E-state index in [2.05, 4.69) is 16.3 Å². The highest BCUT2D eigenvalue weighted by molar-refractivity contribution is 7.92. The van der Waals surface area contributed by atoms with E-state index in [4.69, 9.17) is 9.98 Å². The molecule has 220 valence electrons. The zero-order valence-electron chi connectivity index (χ0n) is 22.7. The number of anilines is 2. The van der Waals surface area contributed by atoms with E-state index in [0.29, 0.717) is 22.3 Å². The Morgan fingerprint density at radius 3 is 2.43 bits per heavy atom. The molecule has 0 radical (unpaired) electrons. The number of aromatic nitrogens is 1. The first-order chi connectivity index (χ1) is 20.3. The van der Waals surface area contributed by atoms with Crippen LogP contribution >= 0.6 is 11.3 Å². The van der Waals surface area contributed by atoms with E-state index in [0.717, 1.165) is 87.2 Å². The van der Waals surface area contributed by atoms with Gasteiger partial charge in [-0.1, -0.05) is 29.5 Å². The Hall–Kier alpha value is -3.64. The lowest BCUT2D eigenvalue weighted by Gasteiger charge is -2.25. The number of aliphatic imine (C=N–C) groups is 1. The molecule has 2 N–H and O–H groups in total. The van der Waals surface area contributed by atoms with Gasteiger partial charge in [-0.2, -0.15) is 0 Å². The number of hydrogen-bond donors (Lipinski definition) is 2. The van der Waals surface area contributed by atoms with Gasteiger partial charge in [0.1, 0.15) is 17.5 Å². The molecule has 3 aliphatic rings. The van der Waals surface area contributed by atoms with Gasteiger partial charge in [0.15, 0.2) is 15.8 Å². The summed E-state index contributed by atoms with van der Waals surface area (Å²) in [6.07, 6.45) is 13.0. The molecule has 1 aromatic heterocycles. The van der Waals surface area contributed by atoms with Gasteiger partial charge in [-0.3, -0.25) is 4.72 Å². The fraction of sp³-hybridized carbons (Fsp3) is 0.333. The summed E-state index contributed by atoms with van der Waals surface area (Å²) in [5.74, 6) is -2.68. The highest BCUT2D eigenvalue weighted by Gasteiger charge is 2.28. The van der Waals surface area contributed by atoms with E-state index in [9.17, 15) is 17.2 Å². The van der Waals surface area contributed by atoms with Crippen molar-refractivity contribution in [2.45, 2.75) is 55.9 Å². The van der Waals surface area contributed by atoms with E-state index < -0.39 is 38.1 Å². The number of hydrogen-bond acceptors (Lipinski definition) is 7. The standard InChI is InChI=1S/C30H30F3N5O2S2/c31-21-10-8-11-22(32)29(21)42(39,40)37-23-13-7-9-20(26(23)33)27-28(41-30(36-27)38-17-5-2-6-18-38)24-12-3-1-4-14-25(35-24)34-19-15-16-19/h3,7-14,19,34,37H,1-2,4-6,15-18H2/b12-3-,25-14-,35-24+. The van der Waals surface area contributed by atoms with Crippen molar-refractivity contribution in [1.82, 2.24) is 10.3 Å². The molecule has 2 aliphatic heterocycles. The molecule has 12 heteroatoms. The number of nitrogens with zero attached hydrogens (tertiary/aromatic N) is 3. The van der Waals surface area contributed by atoms with Crippen LogP contribution in [0.2, 0.25) is 0 Å². The number of benzene rings is 2. The molecule has 2 fully saturated rings. The molecule has 3 heterocycles. The normalized spacial score (nSPS) is 21.0. The monoisotopic (exact) mass is 613 g/mol. The van der Waals surface area contributed by atoms with E-state index in [-0.39, 0.29) is 5.56 Å². The van der Waals surface area contributed by atoms with Crippen molar-refractivity contribution >= 4 is 37.9 Å². The molecular formula is C30H30F3N5O2S2. The van der Waals surface area contributed by atoms with Crippen LogP contribution in [-0.4, -0.2) is 38.2 Å². The largest absolute Gasteiger partial charge is 0.368 e. The van der Waals surface area contributed by atoms with E-state index in [1.165, 1.54) is 29.5 Å². The van der Waals surface area contributed by atoms with Crippen molar-refractivity contribution in [3.05, 3.63) is 82.8 Å². The molecule has 42 heavy (non-hydrogen) atoms. The van der Waals surface area contributed by atoms with Gasteiger partial charge in [-0.15, -0.1) is 0 Å². The maximum absolute atomic E-state index is 16.2. The zero-order chi connectivity index (χ0) is 29.3. The summed E-state index contributed by atoms with van der Waals surface area (Å²) in [5.41, 5.74) is 0.562. The van der Waals surface area contributed by atoms with Crippen molar-refractivity contribution < 1.29 is 21.6 Å². The van der Waals surface area contributed by atoms with Crippen LogP contribution in [0.3, 0.4) is 0 Å². The lowest BCUT2D eigenvalue weighted by atomic mass is 10.1. The summed E-state index contributed by atoms with van der Waals surface area (Å²) in [6, 6.07) is 7.32. The van der Waals surface area contributed by atoms with Gasteiger partial charge in [0.2, 0.25) is 0 Å². The number of piperidine rings is 1. The summed E-state index contributed by atoms with van der Waals surface area (Å²) < 4.78 is 72.7. The Morgan fingerprint density at radius 2 is 1.69 bits per heavy atom. The van der Waals surface area contributed by atoms with Crippen LogP contribution in [0, 0.1) is 17.5 Å². The van der Waals surface area contributed by atoms with Crippen molar-refractivity contribution in [3.8, 4) is 11.3 Å². The van der Waals surface area contributed by atoms with Crippen LogP contribution in [0.5, 0.6) is 0 Å².